The zero-order valence-corrected chi connectivity index (χ0v) is 12.7. The van der Waals surface area contributed by atoms with Crippen molar-refractivity contribution in [3.8, 4) is 0 Å². The van der Waals surface area contributed by atoms with Gasteiger partial charge in [0.15, 0.2) is 0 Å². The highest BCUT2D eigenvalue weighted by molar-refractivity contribution is 4.96. The van der Waals surface area contributed by atoms with E-state index in [4.69, 9.17) is 0 Å². The Morgan fingerprint density at radius 3 is 2.16 bits per heavy atom. The number of nitrogens with zero attached hydrogens (tertiary/aromatic N) is 1. The second kappa shape index (κ2) is 6.58. The molecular formula is C17H32N2. The summed E-state index contributed by atoms with van der Waals surface area (Å²) in [7, 11) is 0. The topological polar surface area (TPSA) is 15.3 Å². The minimum Gasteiger partial charge on any atom is -0.312 e. The summed E-state index contributed by atoms with van der Waals surface area (Å²) in [5, 5.41) is 3.89. The normalized spacial score (nSPS) is 26.2. The van der Waals surface area contributed by atoms with Gasteiger partial charge < -0.3 is 10.2 Å². The van der Waals surface area contributed by atoms with Gasteiger partial charge in [0.2, 0.25) is 0 Å². The first-order valence-electron chi connectivity index (χ1n) is 8.82. The first-order valence-corrected chi connectivity index (χ1v) is 8.82. The van der Waals surface area contributed by atoms with Gasteiger partial charge in [-0.1, -0.05) is 19.8 Å². The van der Waals surface area contributed by atoms with Crippen LogP contribution in [0.4, 0.5) is 0 Å². The van der Waals surface area contributed by atoms with Gasteiger partial charge in [0.05, 0.1) is 0 Å². The van der Waals surface area contributed by atoms with E-state index in [0.717, 1.165) is 23.8 Å². The predicted octanol–water partition coefficient (Wildman–Crippen LogP) is 3.28. The van der Waals surface area contributed by atoms with Crippen LogP contribution in [-0.4, -0.2) is 37.1 Å². The van der Waals surface area contributed by atoms with Crippen molar-refractivity contribution >= 4 is 0 Å². The predicted molar refractivity (Wildman–Crippen MR) is 81.3 cm³/mol. The van der Waals surface area contributed by atoms with Gasteiger partial charge in [-0.2, -0.15) is 0 Å². The molecule has 1 N–H and O–H groups in total. The van der Waals surface area contributed by atoms with Crippen molar-refractivity contribution in [1.29, 1.82) is 0 Å². The summed E-state index contributed by atoms with van der Waals surface area (Å²) in [6.45, 7) is 7.55. The molecule has 19 heavy (non-hydrogen) atoms. The molecule has 0 aromatic carbocycles. The second-order valence-electron chi connectivity index (χ2n) is 7.23. The van der Waals surface area contributed by atoms with Crippen molar-refractivity contribution in [1.82, 2.24) is 10.2 Å². The van der Waals surface area contributed by atoms with Crippen LogP contribution in [0.25, 0.3) is 0 Å². The highest BCUT2D eigenvalue weighted by Crippen LogP contribution is 2.44. The third kappa shape index (κ3) is 4.19. The number of piperidine rings is 1. The van der Waals surface area contributed by atoms with Crippen LogP contribution in [-0.2, 0) is 0 Å². The van der Waals surface area contributed by atoms with Crippen LogP contribution in [0.2, 0.25) is 0 Å². The average Bonchev–Trinajstić information content (AvgIpc) is 3.29. The van der Waals surface area contributed by atoms with Gasteiger partial charge in [-0.15, -0.1) is 0 Å². The Hall–Kier alpha value is -0.0800. The Morgan fingerprint density at radius 2 is 1.63 bits per heavy atom. The van der Waals surface area contributed by atoms with Crippen molar-refractivity contribution in [2.24, 2.45) is 17.8 Å². The third-order valence-electron chi connectivity index (χ3n) is 5.47. The third-order valence-corrected chi connectivity index (χ3v) is 5.47. The molecule has 0 bridgehead atoms. The molecule has 110 valence electrons. The minimum absolute atomic E-state index is 0.887. The lowest BCUT2D eigenvalue weighted by atomic mass is 9.92. The Balaban J connectivity index is 1.30. The molecule has 2 saturated carbocycles. The van der Waals surface area contributed by atoms with Gasteiger partial charge in [-0.25, -0.2) is 0 Å². The summed E-state index contributed by atoms with van der Waals surface area (Å²) >= 11 is 0. The molecule has 1 aliphatic heterocycles. The van der Waals surface area contributed by atoms with Gasteiger partial charge in [0, 0.05) is 19.1 Å². The zero-order chi connectivity index (χ0) is 13.1. The lowest BCUT2D eigenvalue weighted by Crippen LogP contribution is -2.42. The van der Waals surface area contributed by atoms with Crippen LogP contribution in [0.15, 0.2) is 0 Å². The molecule has 2 nitrogen and oxygen atoms in total. The molecule has 0 radical (unpaired) electrons. The van der Waals surface area contributed by atoms with E-state index in [0.29, 0.717) is 0 Å². The van der Waals surface area contributed by atoms with E-state index in [-0.39, 0.29) is 0 Å². The standard InChI is InChI=1S/C17H32N2/c1-2-3-14-8-11-19(12-9-14)13-10-18-17(15-4-5-15)16-6-7-16/h14-18H,2-13H2,1H3. The van der Waals surface area contributed by atoms with Gasteiger partial charge in [-0.3, -0.25) is 0 Å². The smallest absolute Gasteiger partial charge is 0.0124 e. The van der Waals surface area contributed by atoms with E-state index in [9.17, 15) is 0 Å². The fourth-order valence-electron chi connectivity index (χ4n) is 3.93. The maximum absolute atomic E-state index is 3.89. The van der Waals surface area contributed by atoms with Crippen molar-refractivity contribution in [3.63, 3.8) is 0 Å². The molecule has 0 amide bonds. The lowest BCUT2D eigenvalue weighted by molar-refractivity contribution is 0.176. The number of nitrogens with one attached hydrogen (secondary N) is 1. The van der Waals surface area contributed by atoms with Crippen LogP contribution >= 0.6 is 0 Å². The quantitative estimate of drug-likeness (QED) is 0.724. The Bertz CT molecular complexity index is 250. The van der Waals surface area contributed by atoms with Crippen LogP contribution in [0.5, 0.6) is 0 Å². The molecule has 2 heteroatoms. The summed E-state index contributed by atoms with van der Waals surface area (Å²) in [5.41, 5.74) is 0. The first kappa shape index (κ1) is 13.9. The van der Waals surface area contributed by atoms with E-state index >= 15 is 0 Å². The Kier molecular flexibility index (Phi) is 4.81. The zero-order valence-electron chi connectivity index (χ0n) is 12.7. The molecule has 2 aliphatic carbocycles. The largest absolute Gasteiger partial charge is 0.312 e. The summed E-state index contributed by atoms with van der Waals surface area (Å²) in [6.07, 6.45) is 11.7. The maximum atomic E-state index is 3.89. The molecule has 3 aliphatic rings. The van der Waals surface area contributed by atoms with Gasteiger partial charge in [0.25, 0.3) is 0 Å². The number of likely N-dealkylation sites (tertiary alicyclic amines) is 1. The SMILES string of the molecule is CCCC1CCN(CCNC(C2CC2)C2CC2)CC1. The molecule has 0 spiro atoms. The highest BCUT2D eigenvalue weighted by atomic mass is 15.1. The van der Waals surface area contributed by atoms with Crippen LogP contribution in [0, 0.1) is 17.8 Å². The molecular weight excluding hydrogens is 232 g/mol. The summed E-state index contributed by atoms with van der Waals surface area (Å²) < 4.78 is 0. The molecule has 0 aromatic heterocycles. The Morgan fingerprint density at radius 1 is 1.00 bits per heavy atom. The van der Waals surface area contributed by atoms with Crippen molar-refractivity contribution in [3.05, 3.63) is 0 Å². The van der Waals surface area contributed by atoms with E-state index < -0.39 is 0 Å². The lowest BCUT2D eigenvalue weighted by Gasteiger charge is -2.32. The van der Waals surface area contributed by atoms with E-state index in [1.165, 1.54) is 77.5 Å². The summed E-state index contributed by atoms with van der Waals surface area (Å²) in [5.74, 6) is 3.12. The molecule has 3 fully saturated rings. The van der Waals surface area contributed by atoms with Gasteiger partial charge in [-0.05, 0) is 69.4 Å². The van der Waals surface area contributed by atoms with Crippen LogP contribution < -0.4 is 5.32 Å². The molecule has 0 unspecified atom stereocenters. The van der Waals surface area contributed by atoms with Gasteiger partial charge >= 0.3 is 0 Å². The fourth-order valence-corrected chi connectivity index (χ4v) is 3.93. The Labute approximate surface area is 119 Å². The van der Waals surface area contributed by atoms with Gasteiger partial charge in [0.1, 0.15) is 0 Å². The van der Waals surface area contributed by atoms with Crippen LogP contribution in [0.1, 0.15) is 58.3 Å². The van der Waals surface area contributed by atoms with Crippen molar-refractivity contribution < 1.29 is 0 Å². The average molecular weight is 264 g/mol. The molecule has 1 saturated heterocycles. The second-order valence-corrected chi connectivity index (χ2v) is 7.23. The highest BCUT2D eigenvalue weighted by Gasteiger charge is 2.40. The molecule has 3 rings (SSSR count). The molecule has 0 atom stereocenters. The van der Waals surface area contributed by atoms with E-state index in [1.807, 2.05) is 0 Å². The fraction of sp³-hybridized carbons (Fsp3) is 1.00. The number of hydrogen-bond acceptors (Lipinski definition) is 2. The van der Waals surface area contributed by atoms with E-state index in [2.05, 4.69) is 17.1 Å². The maximum Gasteiger partial charge on any atom is 0.0124 e. The van der Waals surface area contributed by atoms with Crippen LogP contribution in [0.3, 0.4) is 0 Å². The first-order chi connectivity index (χ1) is 9.36. The molecule has 1 heterocycles. The number of rotatable bonds is 8. The minimum atomic E-state index is 0.887. The monoisotopic (exact) mass is 264 g/mol. The van der Waals surface area contributed by atoms with Crippen molar-refractivity contribution in [2.45, 2.75) is 64.3 Å². The number of hydrogen-bond donors (Lipinski definition) is 1. The van der Waals surface area contributed by atoms with E-state index in [1.54, 1.807) is 0 Å². The summed E-state index contributed by atoms with van der Waals surface area (Å²) in [6, 6.07) is 0.887. The summed E-state index contributed by atoms with van der Waals surface area (Å²) in [4.78, 5) is 2.69. The van der Waals surface area contributed by atoms with Crippen molar-refractivity contribution in [2.75, 3.05) is 26.2 Å². The molecule has 0 aromatic rings.